The van der Waals surface area contributed by atoms with Gasteiger partial charge in [0.25, 0.3) is 12.4 Å². The van der Waals surface area contributed by atoms with Crippen molar-refractivity contribution in [2.75, 3.05) is 0 Å². The number of ether oxygens (including phenoxy) is 1. The quantitative estimate of drug-likeness (QED) is 0.626. The summed E-state index contributed by atoms with van der Waals surface area (Å²) in [5.74, 6) is -0.417. The summed E-state index contributed by atoms with van der Waals surface area (Å²) in [6.07, 6.45) is 1.33. The highest BCUT2D eigenvalue weighted by Gasteiger charge is 2.02. The number of primary amides is 1. The summed E-state index contributed by atoms with van der Waals surface area (Å²) < 4.78 is 4.47. The van der Waals surface area contributed by atoms with E-state index in [1.807, 2.05) is 0 Å². The fourth-order valence-electron chi connectivity index (χ4n) is 0.675. The topological polar surface area (TPSA) is 82.3 Å². The van der Waals surface area contributed by atoms with Crippen LogP contribution in [0.1, 0.15) is 10.5 Å². The molecule has 62 valence electrons. The molecule has 1 aromatic heterocycles. The molecule has 1 rings (SSSR count). The SMILES string of the molecule is NC(=O)c1cc(OC=O)ccn1. The second-order valence-corrected chi connectivity index (χ2v) is 1.96. The van der Waals surface area contributed by atoms with Crippen LogP contribution >= 0.6 is 0 Å². The molecule has 0 atom stereocenters. The number of carbonyl (C=O) groups is 2. The molecule has 0 saturated heterocycles. The summed E-state index contributed by atoms with van der Waals surface area (Å²) in [6, 6.07) is 2.73. The van der Waals surface area contributed by atoms with Gasteiger partial charge in [-0.05, 0) is 6.07 Å². The zero-order valence-corrected chi connectivity index (χ0v) is 6.06. The summed E-state index contributed by atoms with van der Waals surface area (Å²) >= 11 is 0. The van der Waals surface area contributed by atoms with Gasteiger partial charge in [-0.25, -0.2) is 0 Å². The summed E-state index contributed by atoms with van der Waals surface area (Å²) in [4.78, 5) is 24.1. The Labute approximate surface area is 68.2 Å². The first-order valence-electron chi connectivity index (χ1n) is 3.10. The van der Waals surface area contributed by atoms with Gasteiger partial charge in [0, 0.05) is 12.3 Å². The van der Waals surface area contributed by atoms with Gasteiger partial charge < -0.3 is 10.5 Å². The molecule has 0 saturated carbocycles. The summed E-state index contributed by atoms with van der Waals surface area (Å²) in [5.41, 5.74) is 5.00. The maximum absolute atomic E-state index is 10.6. The highest BCUT2D eigenvalue weighted by Crippen LogP contribution is 2.08. The van der Waals surface area contributed by atoms with E-state index in [4.69, 9.17) is 5.73 Å². The highest BCUT2D eigenvalue weighted by molar-refractivity contribution is 5.91. The number of hydrogen-bond donors (Lipinski definition) is 1. The highest BCUT2D eigenvalue weighted by atomic mass is 16.5. The molecule has 0 fully saturated rings. The predicted octanol–water partition coefficient (Wildman–Crippen LogP) is -0.284. The fourth-order valence-corrected chi connectivity index (χ4v) is 0.675. The van der Waals surface area contributed by atoms with E-state index in [0.29, 0.717) is 0 Å². The van der Waals surface area contributed by atoms with Crippen LogP contribution in [0.5, 0.6) is 5.75 Å². The molecule has 0 bridgehead atoms. The molecule has 0 spiro atoms. The van der Waals surface area contributed by atoms with E-state index in [-0.39, 0.29) is 17.9 Å². The number of nitrogens with zero attached hydrogens (tertiary/aromatic N) is 1. The van der Waals surface area contributed by atoms with Crippen molar-refractivity contribution in [1.82, 2.24) is 4.98 Å². The van der Waals surface area contributed by atoms with Crippen LogP contribution in [0.25, 0.3) is 0 Å². The van der Waals surface area contributed by atoms with Crippen molar-refractivity contribution in [3.05, 3.63) is 24.0 Å². The van der Waals surface area contributed by atoms with Crippen LogP contribution in [0, 0.1) is 0 Å². The lowest BCUT2D eigenvalue weighted by atomic mass is 10.3. The van der Waals surface area contributed by atoms with Gasteiger partial charge in [-0.3, -0.25) is 14.6 Å². The van der Waals surface area contributed by atoms with E-state index in [0.717, 1.165) is 0 Å². The fraction of sp³-hybridized carbons (Fsp3) is 0. The Hall–Kier alpha value is -1.91. The van der Waals surface area contributed by atoms with Gasteiger partial charge in [-0.2, -0.15) is 0 Å². The molecule has 0 radical (unpaired) electrons. The molecule has 2 N–H and O–H groups in total. The van der Waals surface area contributed by atoms with E-state index in [2.05, 4.69) is 9.72 Å². The molecule has 5 heteroatoms. The Morgan fingerprint density at radius 3 is 3.00 bits per heavy atom. The molecule has 1 aromatic rings. The molecule has 0 unspecified atom stereocenters. The van der Waals surface area contributed by atoms with Gasteiger partial charge >= 0.3 is 0 Å². The van der Waals surface area contributed by atoms with Crippen molar-refractivity contribution >= 4 is 12.4 Å². The second kappa shape index (κ2) is 3.47. The number of hydrogen-bond acceptors (Lipinski definition) is 4. The number of rotatable bonds is 3. The largest absolute Gasteiger partial charge is 0.429 e. The molecular formula is C7H6N2O3. The molecule has 5 nitrogen and oxygen atoms in total. The van der Waals surface area contributed by atoms with Crippen LogP contribution in [0.2, 0.25) is 0 Å². The third-order valence-electron chi connectivity index (χ3n) is 1.17. The minimum absolute atomic E-state index is 0.0642. The second-order valence-electron chi connectivity index (χ2n) is 1.96. The summed E-state index contributed by atoms with van der Waals surface area (Å²) in [5, 5.41) is 0. The molecule has 0 aliphatic heterocycles. The Kier molecular flexibility index (Phi) is 2.37. The maximum Gasteiger partial charge on any atom is 0.298 e. The predicted molar refractivity (Wildman–Crippen MR) is 39.4 cm³/mol. The van der Waals surface area contributed by atoms with E-state index >= 15 is 0 Å². The average Bonchev–Trinajstić information content (AvgIpc) is 2.05. The molecule has 12 heavy (non-hydrogen) atoms. The Morgan fingerprint density at radius 1 is 1.67 bits per heavy atom. The van der Waals surface area contributed by atoms with Crippen LogP contribution in [0.4, 0.5) is 0 Å². The first-order valence-corrected chi connectivity index (χ1v) is 3.10. The summed E-state index contributed by atoms with van der Waals surface area (Å²) in [6.45, 7) is 0.264. The first-order chi connectivity index (χ1) is 5.74. The van der Waals surface area contributed by atoms with Crippen LogP contribution < -0.4 is 10.5 Å². The van der Waals surface area contributed by atoms with Crippen LogP contribution in [0.15, 0.2) is 18.3 Å². The van der Waals surface area contributed by atoms with Crippen molar-refractivity contribution < 1.29 is 14.3 Å². The molecule has 0 aliphatic rings. The number of nitrogens with two attached hydrogens (primary N) is 1. The lowest BCUT2D eigenvalue weighted by Crippen LogP contribution is -2.12. The Balaban J connectivity index is 2.95. The third kappa shape index (κ3) is 1.79. The Bertz CT molecular complexity index is 311. The van der Waals surface area contributed by atoms with E-state index < -0.39 is 5.91 Å². The first kappa shape index (κ1) is 8.19. The van der Waals surface area contributed by atoms with Crippen molar-refractivity contribution in [2.45, 2.75) is 0 Å². The summed E-state index contributed by atoms with van der Waals surface area (Å²) in [7, 11) is 0. The minimum Gasteiger partial charge on any atom is -0.429 e. The number of pyridine rings is 1. The van der Waals surface area contributed by atoms with Crippen molar-refractivity contribution in [1.29, 1.82) is 0 Å². The average molecular weight is 166 g/mol. The smallest absolute Gasteiger partial charge is 0.298 e. The van der Waals surface area contributed by atoms with Crippen LogP contribution in [-0.2, 0) is 4.79 Å². The molecule has 0 aromatic carbocycles. The van der Waals surface area contributed by atoms with Gasteiger partial charge in [-0.1, -0.05) is 0 Å². The lowest BCUT2D eigenvalue weighted by Gasteiger charge is -1.97. The Morgan fingerprint density at radius 2 is 2.42 bits per heavy atom. The molecular weight excluding hydrogens is 160 g/mol. The van der Waals surface area contributed by atoms with E-state index in [9.17, 15) is 9.59 Å². The van der Waals surface area contributed by atoms with Gasteiger partial charge in [-0.15, -0.1) is 0 Å². The van der Waals surface area contributed by atoms with Gasteiger partial charge in [0.05, 0.1) is 0 Å². The zero-order valence-electron chi connectivity index (χ0n) is 6.06. The maximum atomic E-state index is 10.6. The van der Waals surface area contributed by atoms with Gasteiger partial charge in [0.15, 0.2) is 0 Å². The number of carbonyl (C=O) groups excluding carboxylic acids is 2. The van der Waals surface area contributed by atoms with E-state index in [1.165, 1.54) is 18.3 Å². The molecule has 1 heterocycles. The number of amides is 1. The van der Waals surface area contributed by atoms with Crippen LogP contribution in [0.3, 0.4) is 0 Å². The van der Waals surface area contributed by atoms with Crippen molar-refractivity contribution in [3.63, 3.8) is 0 Å². The van der Waals surface area contributed by atoms with Gasteiger partial charge in [0.2, 0.25) is 0 Å². The molecule has 0 aliphatic carbocycles. The van der Waals surface area contributed by atoms with Gasteiger partial charge in [0.1, 0.15) is 11.4 Å². The molecule has 1 amide bonds. The minimum atomic E-state index is -0.661. The monoisotopic (exact) mass is 166 g/mol. The standard InChI is InChI=1S/C7H6N2O3/c8-7(11)6-3-5(12-4-10)1-2-9-6/h1-4H,(H2,8,11). The third-order valence-corrected chi connectivity index (χ3v) is 1.17. The lowest BCUT2D eigenvalue weighted by molar-refractivity contribution is -0.120. The van der Waals surface area contributed by atoms with Crippen LogP contribution in [-0.4, -0.2) is 17.4 Å². The van der Waals surface area contributed by atoms with Crippen molar-refractivity contribution in [3.8, 4) is 5.75 Å². The van der Waals surface area contributed by atoms with E-state index in [1.54, 1.807) is 0 Å². The zero-order chi connectivity index (χ0) is 8.97. The normalized spacial score (nSPS) is 9.00. The van der Waals surface area contributed by atoms with Crippen molar-refractivity contribution in [2.24, 2.45) is 5.73 Å². The number of aromatic nitrogens is 1.